The molecule has 24 heavy (non-hydrogen) atoms. The number of hydrogen-bond donors (Lipinski definition) is 2. The molecule has 128 valence electrons. The highest BCUT2D eigenvalue weighted by molar-refractivity contribution is 6.45. The molecule has 3 rings (SSSR count). The van der Waals surface area contributed by atoms with Crippen LogP contribution < -0.4 is 20.0 Å². The Labute approximate surface area is 148 Å². The van der Waals surface area contributed by atoms with Crippen LogP contribution in [0.1, 0.15) is 6.42 Å². The number of halogens is 2. The van der Waals surface area contributed by atoms with E-state index >= 15 is 0 Å². The number of hydrazone groups is 1. The second-order valence-corrected chi connectivity index (χ2v) is 5.74. The fourth-order valence-corrected chi connectivity index (χ4v) is 2.88. The first kappa shape index (κ1) is 16.8. The molecule has 0 amide bonds. The number of aromatic nitrogens is 2. The van der Waals surface area contributed by atoms with Crippen molar-refractivity contribution in [2.45, 2.75) is 12.5 Å². The van der Waals surface area contributed by atoms with Gasteiger partial charge in [0.15, 0.2) is 0 Å². The minimum absolute atomic E-state index is 0.00614. The van der Waals surface area contributed by atoms with Gasteiger partial charge in [-0.3, -0.25) is 5.01 Å². The molecule has 2 aromatic rings. The number of nitrogens with zero attached hydrogens (tertiary/aromatic N) is 4. The second kappa shape index (κ2) is 6.84. The maximum absolute atomic E-state index is 9.24. The molecule has 0 fully saturated rings. The molecule has 1 aliphatic heterocycles. The lowest BCUT2D eigenvalue weighted by Gasteiger charge is -2.26. The lowest BCUT2D eigenvalue weighted by atomic mass is 10.2. The number of ether oxygens (including phenoxy) is 2. The molecule has 1 aromatic carbocycles. The average Bonchev–Trinajstić information content (AvgIpc) is 3.03. The van der Waals surface area contributed by atoms with Crippen molar-refractivity contribution in [2.24, 2.45) is 5.10 Å². The number of hydrazine groups is 1. The predicted octanol–water partition coefficient (Wildman–Crippen LogP) is 2.02. The van der Waals surface area contributed by atoms with E-state index in [9.17, 15) is 5.11 Å². The van der Waals surface area contributed by atoms with Gasteiger partial charge in [-0.15, -0.1) is 0 Å². The van der Waals surface area contributed by atoms with Crippen LogP contribution in [-0.2, 0) is 0 Å². The highest BCUT2D eigenvalue weighted by Crippen LogP contribution is 2.41. The predicted molar refractivity (Wildman–Crippen MR) is 92.3 cm³/mol. The Morgan fingerprint density at radius 3 is 2.62 bits per heavy atom. The third-order valence-electron chi connectivity index (χ3n) is 3.56. The van der Waals surface area contributed by atoms with Crippen molar-refractivity contribution in [2.75, 3.05) is 25.8 Å². The molecule has 0 bridgehead atoms. The molecule has 0 aliphatic carbocycles. The number of hydrogen-bond acceptors (Lipinski definition) is 8. The lowest BCUT2D eigenvalue weighted by Crippen LogP contribution is -2.39. The van der Waals surface area contributed by atoms with Gasteiger partial charge in [0.25, 0.3) is 11.8 Å². The summed E-state index contributed by atoms with van der Waals surface area (Å²) in [6.07, 6.45) is 2.13. The summed E-state index contributed by atoms with van der Waals surface area (Å²) in [5.41, 5.74) is 4.32. The normalized spacial score (nSPS) is 16.5. The number of aliphatic hydroxyl groups excluding tert-OH is 1. The number of methoxy groups -OCH3 is 2. The van der Waals surface area contributed by atoms with Crippen LogP contribution in [0.25, 0.3) is 11.0 Å². The highest BCUT2D eigenvalue weighted by atomic mass is 35.5. The number of aliphatic hydroxyl groups is 1. The largest absolute Gasteiger partial charge is 0.477 e. The van der Waals surface area contributed by atoms with Gasteiger partial charge in [0.05, 0.1) is 42.0 Å². The summed E-state index contributed by atoms with van der Waals surface area (Å²) in [5, 5.41) is 15.6. The monoisotopic (exact) mass is 371 g/mol. The summed E-state index contributed by atoms with van der Waals surface area (Å²) in [7, 11) is 2.95. The Balaban J connectivity index is 2.23. The summed E-state index contributed by atoms with van der Waals surface area (Å²) in [6, 6.07) is 1.40. The number of benzene rings is 1. The minimum atomic E-state index is -0.205. The van der Waals surface area contributed by atoms with Crippen molar-refractivity contribution in [1.29, 1.82) is 0 Å². The molecule has 1 aliphatic rings. The SMILES string of the molecule is COc1nc2cc(Cl)c(Cl)c(N3NN=CC3CCO)c2nc1OC. The van der Waals surface area contributed by atoms with E-state index in [1.165, 1.54) is 14.2 Å². The van der Waals surface area contributed by atoms with Crippen LogP contribution in [0.15, 0.2) is 11.2 Å². The standard InChI is InChI=1S/C14H15Cl2N5O3/c1-23-13-14(24-2)19-11-9(18-13)5-8(15)10(16)12(11)21-7(3-4-22)6-17-20-21/h5-7,20,22H,3-4H2,1-2H3. The molecule has 10 heteroatoms. The van der Waals surface area contributed by atoms with Crippen molar-refractivity contribution < 1.29 is 14.6 Å². The second-order valence-electron chi connectivity index (χ2n) is 4.96. The summed E-state index contributed by atoms with van der Waals surface area (Å²) < 4.78 is 10.4. The highest BCUT2D eigenvalue weighted by Gasteiger charge is 2.28. The minimum Gasteiger partial charge on any atom is -0.477 e. The first-order valence-electron chi connectivity index (χ1n) is 7.07. The van der Waals surface area contributed by atoms with E-state index in [1.54, 1.807) is 17.3 Å². The first-order chi connectivity index (χ1) is 11.6. The summed E-state index contributed by atoms with van der Waals surface area (Å²) in [5.74, 6) is 0.468. The quantitative estimate of drug-likeness (QED) is 0.830. The van der Waals surface area contributed by atoms with Crippen LogP contribution in [-0.4, -0.2) is 48.2 Å². The summed E-state index contributed by atoms with van der Waals surface area (Å²) in [4.78, 5) is 8.83. The smallest absolute Gasteiger partial charge is 0.278 e. The zero-order valence-corrected chi connectivity index (χ0v) is 14.5. The van der Waals surface area contributed by atoms with Gasteiger partial charge in [0.1, 0.15) is 11.2 Å². The van der Waals surface area contributed by atoms with Crippen LogP contribution in [0.3, 0.4) is 0 Å². The van der Waals surface area contributed by atoms with E-state index in [0.717, 1.165) is 0 Å². The third-order valence-corrected chi connectivity index (χ3v) is 4.34. The first-order valence-corrected chi connectivity index (χ1v) is 7.83. The number of nitrogens with one attached hydrogen (secondary N) is 1. The Hall–Kier alpha value is -2.03. The average molecular weight is 372 g/mol. The van der Waals surface area contributed by atoms with Crippen molar-refractivity contribution in [3.8, 4) is 11.8 Å². The van der Waals surface area contributed by atoms with Crippen molar-refractivity contribution in [1.82, 2.24) is 15.5 Å². The van der Waals surface area contributed by atoms with Gasteiger partial charge in [-0.1, -0.05) is 23.2 Å². The molecule has 0 spiro atoms. The van der Waals surface area contributed by atoms with Crippen LogP contribution >= 0.6 is 23.2 Å². The van der Waals surface area contributed by atoms with Crippen LogP contribution in [0, 0.1) is 0 Å². The molecule has 0 radical (unpaired) electrons. The molecule has 1 aromatic heterocycles. The zero-order valence-electron chi connectivity index (χ0n) is 13.0. The molecule has 0 saturated carbocycles. The molecular formula is C14H15Cl2N5O3. The number of rotatable bonds is 5. The van der Waals surface area contributed by atoms with Crippen molar-refractivity contribution in [3.63, 3.8) is 0 Å². The molecular weight excluding hydrogens is 357 g/mol. The Morgan fingerprint density at radius 1 is 1.25 bits per heavy atom. The topological polar surface area (TPSA) is 92.1 Å². The molecule has 2 heterocycles. The van der Waals surface area contributed by atoms with E-state index < -0.39 is 0 Å². The van der Waals surface area contributed by atoms with Gasteiger partial charge >= 0.3 is 0 Å². The Morgan fingerprint density at radius 2 is 1.96 bits per heavy atom. The molecule has 8 nitrogen and oxygen atoms in total. The van der Waals surface area contributed by atoms with Crippen molar-refractivity contribution in [3.05, 3.63) is 16.1 Å². The van der Waals surface area contributed by atoms with Crippen LogP contribution in [0.5, 0.6) is 11.8 Å². The van der Waals surface area contributed by atoms with Gasteiger partial charge in [-0.2, -0.15) is 5.10 Å². The zero-order chi connectivity index (χ0) is 17.3. The summed E-state index contributed by atoms with van der Waals surface area (Å²) >= 11 is 12.7. The Kier molecular flexibility index (Phi) is 4.79. The fourth-order valence-electron chi connectivity index (χ4n) is 2.45. The summed E-state index contributed by atoms with van der Waals surface area (Å²) in [6.45, 7) is -0.00614. The van der Waals surface area contributed by atoms with Gasteiger partial charge in [0, 0.05) is 6.61 Å². The lowest BCUT2D eigenvalue weighted by molar-refractivity contribution is 0.283. The fraction of sp³-hybridized carbons (Fsp3) is 0.357. The van der Waals surface area contributed by atoms with Gasteiger partial charge in [0.2, 0.25) is 0 Å². The van der Waals surface area contributed by atoms with Crippen LogP contribution in [0.2, 0.25) is 10.0 Å². The maximum Gasteiger partial charge on any atom is 0.278 e. The van der Waals surface area contributed by atoms with E-state index in [1.807, 2.05) is 0 Å². The molecule has 1 atom stereocenters. The number of anilines is 1. The maximum atomic E-state index is 9.24. The van der Waals surface area contributed by atoms with Gasteiger partial charge in [-0.05, 0) is 12.5 Å². The van der Waals surface area contributed by atoms with Gasteiger partial charge in [-0.25, -0.2) is 15.5 Å². The third kappa shape index (κ3) is 2.77. The number of fused-ring (bicyclic) bond motifs is 1. The Bertz CT molecular complexity index is 802. The van der Waals surface area contributed by atoms with E-state index in [4.69, 9.17) is 32.7 Å². The van der Waals surface area contributed by atoms with E-state index in [-0.39, 0.29) is 24.4 Å². The molecule has 2 N–H and O–H groups in total. The van der Waals surface area contributed by atoms with E-state index in [2.05, 4.69) is 20.6 Å². The van der Waals surface area contributed by atoms with E-state index in [0.29, 0.717) is 33.2 Å². The molecule has 1 unspecified atom stereocenters. The van der Waals surface area contributed by atoms with Crippen molar-refractivity contribution >= 4 is 46.1 Å². The molecule has 0 saturated heterocycles. The van der Waals surface area contributed by atoms with Crippen LogP contribution in [0.4, 0.5) is 5.69 Å². The van der Waals surface area contributed by atoms with Gasteiger partial charge < -0.3 is 14.6 Å².